The summed E-state index contributed by atoms with van der Waals surface area (Å²) in [6.07, 6.45) is 0. The molecule has 1 atom stereocenters. The van der Waals surface area contributed by atoms with E-state index in [1.807, 2.05) is 17.4 Å². The summed E-state index contributed by atoms with van der Waals surface area (Å²) in [6, 6.07) is 10.8. The van der Waals surface area contributed by atoms with Gasteiger partial charge in [-0.05, 0) is 56.4 Å². The number of halogens is 1. The van der Waals surface area contributed by atoms with Gasteiger partial charge in [-0.25, -0.2) is 0 Å². The number of nitrogens with one attached hydrogen (secondary N) is 1. The Morgan fingerprint density at radius 3 is 2.79 bits per heavy atom. The smallest absolute Gasteiger partial charge is 0.178 e. The molecular formula is C14H13BrN2S2. The Hall–Kier alpha value is -0.910. The number of nitrogens with zero attached hydrogens (tertiary/aromatic N) is 1. The van der Waals surface area contributed by atoms with Crippen molar-refractivity contribution in [2.45, 2.75) is 19.9 Å². The molecule has 5 heteroatoms. The van der Waals surface area contributed by atoms with Gasteiger partial charge in [0.25, 0.3) is 0 Å². The van der Waals surface area contributed by atoms with Crippen LogP contribution in [-0.2, 0) is 0 Å². The van der Waals surface area contributed by atoms with Crippen LogP contribution in [-0.4, -0.2) is 9.55 Å². The minimum Gasteiger partial charge on any atom is -0.331 e. The van der Waals surface area contributed by atoms with Crippen LogP contribution in [0, 0.1) is 11.7 Å². The summed E-state index contributed by atoms with van der Waals surface area (Å²) >= 11 is 10.8. The quantitative estimate of drug-likeness (QED) is 0.609. The molecule has 0 amide bonds. The van der Waals surface area contributed by atoms with Crippen LogP contribution in [0.2, 0.25) is 0 Å². The van der Waals surface area contributed by atoms with Crippen molar-refractivity contribution in [3.05, 3.63) is 49.3 Å². The standard InChI is InChI=1S/C14H13BrN2S2/c1-8-3-6-13(19-8)9(2)17-12-5-4-10(15)7-11(12)16-14(17)18/h3-7,9H,1-2H3,(H,16,18). The first-order valence-electron chi connectivity index (χ1n) is 6.02. The lowest BCUT2D eigenvalue weighted by molar-refractivity contribution is 0.661. The second-order valence-electron chi connectivity index (χ2n) is 4.59. The Morgan fingerprint density at radius 2 is 2.11 bits per heavy atom. The summed E-state index contributed by atoms with van der Waals surface area (Å²) in [6.45, 7) is 4.32. The SMILES string of the molecule is Cc1ccc(C(C)n2c(=S)[nH]c3cc(Br)ccc32)s1. The van der Waals surface area contributed by atoms with E-state index in [0.717, 1.165) is 20.3 Å². The van der Waals surface area contributed by atoms with Crippen molar-refractivity contribution in [2.24, 2.45) is 0 Å². The van der Waals surface area contributed by atoms with Crippen molar-refractivity contribution >= 4 is 50.5 Å². The molecule has 1 aromatic carbocycles. The third-order valence-electron chi connectivity index (χ3n) is 3.24. The molecule has 0 saturated carbocycles. The second-order valence-corrected chi connectivity index (χ2v) is 7.21. The van der Waals surface area contributed by atoms with Crippen LogP contribution in [0.5, 0.6) is 0 Å². The van der Waals surface area contributed by atoms with E-state index in [1.165, 1.54) is 9.75 Å². The maximum atomic E-state index is 5.48. The second kappa shape index (κ2) is 4.89. The molecule has 3 aromatic rings. The molecule has 0 aliphatic rings. The number of fused-ring (bicyclic) bond motifs is 1. The number of benzene rings is 1. The number of aromatic amines is 1. The topological polar surface area (TPSA) is 20.7 Å². The molecule has 0 saturated heterocycles. The number of hydrogen-bond donors (Lipinski definition) is 1. The first-order valence-corrected chi connectivity index (χ1v) is 8.04. The molecule has 2 aromatic heterocycles. The molecule has 2 heterocycles. The van der Waals surface area contributed by atoms with Gasteiger partial charge >= 0.3 is 0 Å². The van der Waals surface area contributed by atoms with Gasteiger partial charge in [-0.1, -0.05) is 15.9 Å². The fourth-order valence-electron chi connectivity index (χ4n) is 2.29. The van der Waals surface area contributed by atoms with Crippen molar-refractivity contribution in [2.75, 3.05) is 0 Å². The molecular weight excluding hydrogens is 340 g/mol. The fraction of sp³-hybridized carbons (Fsp3) is 0.214. The lowest BCUT2D eigenvalue weighted by Crippen LogP contribution is -2.04. The summed E-state index contributed by atoms with van der Waals surface area (Å²) in [5, 5.41) is 0. The van der Waals surface area contributed by atoms with E-state index in [2.05, 4.69) is 63.6 Å². The number of H-pyrrole nitrogens is 1. The molecule has 1 unspecified atom stereocenters. The van der Waals surface area contributed by atoms with E-state index >= 15 is 0 Å². The highest BCUT2D eigenvalue weighted by Crippen LogP contribution is 2.30. The maximum absolute atomic E-state index is 5.48. The predicted octanol–water partition coefficient (Wildman–Crippen LogP) is 5.44. The Kier molecular flexibility index (Phi) is 3.37. The van der Waals surface area contributed by atoms with Gasteiger partial charge in [-0.2, -0.15) is 0 Å². The van der Waals surface area contributed by atoms with E-state index in [4.69, 9.17) is 12.2 Å². The van der Waals surface area contributed by atoms with Gasteiger partial charge in [0.05, 0.1) is 17.1 Å². The van der Waals surface area contributed by atoms with E-state index < -0.39 is 0 Å². The van der Waals surface area contributed by atoms with Crippen LogP contribution >= 0.6 is 39.5 Å². The van der Waals surface area contributed by atoms with Crippen LogP contribution in [0.1, 0.15) is 22.7 Å². The van der Waals surface area contributed by atoms with Crippen molar-refractivity contribution in [3.63, 3.8) is 0 Å². The normalized spacial score (nSPS) is 13.0. The number of aromatic nitrogens is 2. The zero-order chi connectivity index (χ0) is 13.6. The van der Waals surface area contributed by atoms with E-state index in [9.17, 15) is 0 Å². The number of thiophene rings is 1. The summed E-state index contributed by atoms with van der Waals surface area (Å²) in [5.41, 5.74) is 2.21. The van der Waals surface area contributed by atoms with E-state index in [1.54, 1.807) is 0 Å². The molecule has 0 aliphatic carbocycles. The Bertz CT molecular complexity index is 797. The molecule has 0 fully saturated rings. The number of rotatable bonds is 2. The molecule has 2 nitrogen and oxygen atoms in total. The van der Waals surface area contributed by atoms with Gasteiger partial charge in [0.1, 0.15) is 0 Å². The van der Waals surface area contributed by atoms with Crippen molar-refractivity contribution in [1.82, 2.24) is 9.55 Å². The summed E-state index contributed by atoms with van der Waals surface area (Å²) in [4.78, 5) is 5.94. The largest absolute Gasteiger partial charge is 0.331 e. The summed E-state index contributed by atoms with van der Waals surface area (Å²) < 4.78 is 4.01. The van der Waals surface area contributed by atoms with Crippen molar-refractivity contribution in [3.8, 4) is 0 Å². The average molecular weight is 353 g/mol. The summed E-state index contributed by atoms with van der Waals surface area (Å²) in [5.74, 6) is 0. The fourth-order valence-corrected chi connectivity index (χ4v) is 3.94. The minimum absolute atomic E-state index is 0.251. The van der Waals surface area contributed by atoms with Crippen LogP contribution in [0.25, 0.3) is 11.0 Å². The lowest BCUT2D eigenvalue weighted by atomic mass is 10.2. The third-order valence-corrected chi connectivity index (χ3v) is 5.20. The van der Waals surface area contributed by atoms with Crippen LogP contribution in [0.4, 0.5) is 0 Å². The number of imidazole rings is 1. The molecule has 0 spiro atoms. The molecule has 98 valence electrons. The molecule has 0 radical (unpaired) electrons. The van der Waals surface area contributed by atoms with Crippen molar-refractivity contribution in [1.29, 1.82) is 0 Å². The predicted molar refractivity (Wildman–Crippen MR) is 87.7 cm³/mol. The molecule has 1 N–H and O–H groups in total. The molecule has 0 aliphatic heterocycles. The van der Waals surface area contributed by atoms with Gasteiger partial charge in [-0.3, -0.25) is 0 Å². The zero-order valence-corrected chi connectivity index (χ0v) is 13.8. The van der Waals surface area contributed by atoms with E-state index in [0.29, 0.717) is 0 Å². The summed E-state index contributed by atoms with van der Waals surface area (Å²) in [7, 11) is 0. The van der Waals surface area contributed by atoms with Gasteiger partial charge in [-0.15, -0.1) is 11.3 Å². The zero-order valence-electron chi connectivity index (χ0n) is 10.6. The molecule has 3 rings (SSSR count). The van der Waals surface area contributed by atoms with Crippen LogP contribution in [0.3, 0.4) is 0 Å². The highest BCUT2D eigenvalue weighted by Gasteiger charge is 2.14. The van der Waals surface area contributed by atoms with Crippen LogP contribution in [0.15, 0.2) is 34.8 Å². The van der Waals surface area contributed by atoms with Crippen molar-refractivity contribution < 1.29 is 0 Å². The number of hydrogen-bond acceptors (Lipinski definition) is 2. The van der Waals surface area contributed by atoms with Gasteiger partial charge in [0.2, 0.25) is 0 Å². The van der Waals surface area contributed by atoms with Gasteiger partial charge < -0.3 is 9.55 Å². The highest BCUT2D eigenvalue weighted by molar-refractivity contribution is 9.10. The highest BCUT2D eigenvalue weighted by atomic mass is 79.9. The van der Waals surface area contributed by atoms with Crippen LogP contribution < -0.4 is 0 Å². The van der Waals surface area contributed by atoms with Gasteiger partial charge in [0.15, 0.2) is 4.77 Å². The first kappa shape index (κ1) is 13.1. The monoisotopic (exact) mass is 352 g/mol. The Labute approximate surface area is 129 Å². The maximum Gasteiger partial charge on any atom is 0.178 e. The Balaban J connectivity index is 2.19. The molecule has 19 heavy (non-hydrogen) atoms. The Morgan fingerprint density at radius 1 is 1.32 bits per heavy atom. The third kappa shape index (κ3) is 2.30. The number of aryl methyl sites for hydroxylation is 1. The lowest BCUT2D eigenvalue weighted by Gasteiger charge is -2.12. The molecule has 0 bridgehead atoms. The van der Waals surface area contributed by atoms with Gasteiger partial charge in [0, 0.05) is 14.2 Å². The minimum atomic E-state index is 0.251. The van der Waals surface area contributed by atoms with E-state index in [-0.39, 0.29) is 6.04 Å². The average Bonchev–Trinajstić information content (AvgIpc) is 2.91. The first-order chi connectivity index (χ1) is 9.06.